The number of nitrogens with zero attached hydrogens (tertiary/aromatic N) is 1. The highest BCUT2D eigenvalue weighted by molar-refractivity contribution is 7.09. The number of benzene rings is 2. The molecule has 0 radical (unpaired) electrons. The summed E-state index contributed by atoms with van der Waals surface area (Å²) >= 11 is 1.52. The second-order valence-corrected chi connectivity index (χ2v) is 7.91. The lowest BCUT2D eigenvalue weighted by atomic mass is 9.95. The first-order chi connectivity index (χ1) is 14.6. The highest BCUT2D eigenvalue weighted by atomic mass is 32.1. The van der Waals surface area contributed by atoms with Crippen LogP contribution in [0.1, 0.15) is 29.0 Å². The van der Waals surface area contributed by atoms with Gasteiger partial charge in [-0.15, -0.1) is 11.3 Å². The molecular weight excluding hydrogens is 398 g/mol. The number of hydrogen-bond acceptors (Lipinski definition) is 5. The Kier molecular flexibility index (Phi) is 5.68. The van der Waals surface area contributed by atoms with Crippen molar-refractivity contribution in [2.24, 2.45) is 0 Å². The van der Waals surface area contributed by atoms with Crippen molar-refractivity contribution < 1.29 is 19.4 Å². The van der Waals surface area contributed by atoms with Gasteiger partial charge in [-0.2, -0.15) is 0 Å². The Bertz CT molecular complexity index is 1070. The van der Waals surface area contributed by atoms with Crippen molar-refractivity contribution in [3.05, 3.63) is 93.7 Å². The standard InChI is InChI=1S/C24H21NO4S/c1-2-29-18-12-10-17(11-13-18)22(26)20-21(16-7-4-3-5-8-16)25(24(28)23(20)27)15-19-9-6-14-30-19/h3-14,21,26H,2,15H2,1H3/b22-20-. The van der Waals surface area contributed by atoms with E-state index in [1.807, 2.05) is 54.8 Å². The van der Waals surface area contributed by atoms with Crippen LogP contribution < -0.4 is 4.74 Å². The van der Waals surface area contributed by atoms with Crippen LogP contribution in [-0.4, -0.2) is 28.3 Å². The van der Waals surface area contributed by atoms with Gasteiger partial charge in [-0.25, -0.2) is 0 Å². The SMILES string of the molecule is CCOc1ccc(/C(O)=C2/C(=O)C(=O)N(Cc3cccs3)C2c2ccccc2)cc1. The summed E-state index contributed by atoms with van der Waals surface area (Å²) in [7, 11) is 0. The number of likely N-dealkylation sites (tertiary alicyclic amines) is 1. The number of thiophene rings is 1. The van der Waals surface area contributed by atoms with Gasteiger partial charge < -0.3 is 14.7 Å². The normalized spacial score (nSPS) is 18.0. The Morgan fingerprint density at radius 1 is 1.03 bits per heavy atom. The Labute approximate surface area is 178 Å². The number of carbonyl (C=O) groups excluding carboxylic acids is 2. The predicted molar refractivity (Wildman–Crippen MR) is 116 cm³/mol. The number of aliphatic hydroxyl groups excluding tert-OH is 1. The van der Waals surface area contributed by atoms with E-state index in [-0.39, 0.29) is 11.3 Å². The van der Waals surface area contributed by atoms with Gasteiger partial charge in [0.25, 0.3) is 11.7 Å². The first-order valence-electron chi connectivity index (χ1n) is 9.69. The molecule has 1 unspecified atom stereocenters. The Morgan fingerprint density at radius 3 is 2.40 bits per heavy atom. The molecule has 1 aromatic heterocycles. The highest BCUT2D eigenvalue weighted by Crippen LogP contribution is 2.40. The van der Waals surface area contributed by atoms with Gasteiger partial charge in [-0.05, 0) is 48.2 Å². The van der Waals surface area contributed by atoms with Gasteiger partial charge in [0.05, 0.1) is 24.8 Å². The van der Waals surface area contributed by atoms with E-state index in [4.69, 9.17) is 4.74 Å². The fraction of sp³-hybridized carbons (Fsp3) is 0.167. The zero-order valence-electron chi connectivity index (χ0n) is 16.4. The molecular formula is C24H21NO4S. The van der Waals surface area contributed by atoms with Gasteiger partial charge in [-0.3, -0.25) is 9.59 Å². The number of aliphatic hydroxyl groups is 1. The van der Waals surface area contributed by atoms with Crippen molar-refractivity contribution in [2.75, 3.05) is 6.61 Å². The average molecular weight is 420 g/mol. The maximum Gasteiger partial charge on any atom is 0.295 e. The van der Waals surface area contributed by atoms with E-state index >= 15 is 0 Å². The third-order valence-corrected chi connectivity index (χ3v) is 5.86. The molecule has 152 valence electrons. The molecule has 1 N–H and O–H groups in total. The third kappa shape index (κ3) is 3.74. The van der Waals surface area contributed by atoms with Gasteiger partial charge in [0.2, 0.25) is 0 Å². The Morgan fingerprint density at radius 2 is 1.77 bits per heavy atom. The number of ketones is 1. The Balaban J connectivity index is 1.80. The van der Waals surface area contributed by atoms with E-state index in [0.29, 0.717) is 24.5 Å². The minimum Gasteiger partial charge on any atom is -0.507 e. The maximum absolute atomic E-state index is 13.0. The minimum absolute atomic E-state index is 0.104. The van der Waals surface area contributed by atoms with Crippen LogP contribution in [0.4, 0.5) is 0 Å². The van der Waals surface area contributed by atoms with Crippen molar-refractivity contribution in [1.29, 1.82) is 0 Å². The van der Waals surface area contributed by atoms with Crippen molar-refractivity contribution in [1.82, 2.24) is 4.90 Å². The maximum atomic E-state index is 13.0. The molecule has 6 heteroatoms. The van der Waals surface area contributed by atoms with Crippen molar-refractivity contribution in [3.8, 4) is 5.75 Å². The molecule has 0 saturated carbocycles. The molecule has 0 spiro atoms. The third-order valence-electron chi connectivity index (χ3n) is 5.00. The smallest absolute Gasteiger partial charge is 0.295 e. The highest BCUT2D eigenvalue weighted by Gasteiger charge is 2.46. The van der Waals surface area contributed by atoms with E-state index in [1.165, 1.54) is 16.2 Å². The molecule has 4 rings (SSSR count). The van der Waals surface area contributed by atoms with Crippen molar-refractivity contribution in [2.45, 2.75) is 19.5 Å². The summed E-state index contributed by atoms with van der Waals surface area (Å²) in [4.78, 5) is 28.4. The van der Waals surface area contributed by atoms with Crippen LogP contribution >= 0.6 is 11.3 Å². The summed E-state index contributed by atoms with van der Waals surface area (Å²) in [6, 6.07) is 19.4. The Hall–Kier alpha value is -3.38. The second kappa shape index (κ2) is 8.55. The molecule has 1 aliphatic rings. The van der Waals surface area contributed by atoms with E-state index in [0.717, 1.165) is 10.4 Å². The predicted octanol–water partition coefficient (Wildman–Crippen LogP) is 4.77. The molecule has 2 heterocycles. The molecule has 3 aromatic rings. The fourth-order valence-corrected chi connectivity index (χ4v) is 4.33. The number of hydrogen-bond donors (Lipinski definition) is 1. The average Bonchev–Trinajstić information content (AvgIpc) is 3.37. The van der Waals surface area contributed by atoms with Gasteiger partial charge in [0, 0.05) is 10.4 Å². The molecule has 1 atom stereocenters. The van der Waals surface area contributed by atoms with E-state index in [1.54, 1.807) is 24.3 Å². The quantitative estimate of drug-likeness (QED) is 0.355. The largest absolute Gasteiger partial charge is 0.507 e. The van der Waals surface area contributed by atoms with Crippen LogP contribution in [0.2, 0.25) is 0 Å². The van der Waals surface area contributed by atoms with Crippen LogP contribution in [0.15, 0.2) is 77.7 Å². The summed E-state index contributed by atoms with van der Waals surface area (Å²) in [5, 5.41) is 13.0. The van der Waals surface area contributed by atoms with Crippen LogP contribution in [-0.2, 0) is 16.1 Å². The first-order valence-corrected chi connectivity index (χ1v) is 10.6. The molecule has 2 aromatic carbocycles. The topological polar surface area (TPSA) is 66.8 Å². The minimum atomic E-state index is -0.674. The molecule has 1 amide bonds. The van der Waals surface area contributed by atoms with Crippen LogP contribution in [0.5, 0.6) is 5.75 Å². The summed E-state index contributed by atoms with van der Waals surface area (Å²) in [5.74, 6) is -0.790. The number of amides is 1. The summed E-state index contributed by atoms with van der Waals surface area (Å²) in [5.41, 5.74) is 1.35. The number of carbonyl (C=O) groups is 2. The summed E-state index contributed by atoms with van der Waals surface area (Å²) < 4.78 is 5.44. The van der Waals surface area contributed by atoms with Gasteiger partial charge >= 0.3 is 0 Å². The second-order valence-electron chi connectivity index (χ2n) is 6.87. The molecule has 0 aliphatic carbocycles. The molecule has 30 heavy (non-hydrogen) atoms. The zero-order chi connectivity index (χ0) is 21.1. The molecule has 5 nitrogen and oxygen atoms in total. The van der Waals surface area contributed by atoms with Crippen LogP contribution in [0.3, 0.4) is 0 Å². The molecule has 1 fully saturated rings. The number of ether oxygens (including phenoxy) is 1. The van der Waals surface area contributed by atoms with E-state index in [2.05, 4.69) is 0 Å². The zero-order valence-corrected chi connectivity index (χ0v) is 17.3. The lowest BCUT2D eigenvalue weighted by molar-refractivity contribution is -0.140. The fourth-order valence-electron chi connectivity index (χ4n) is 3.63. The molecule has 0 bridgehead atoms. The van der Waals surface area contributed by atoms with E-state index in [9.17, 15) is 14.7 Å². The molecule has 1 aliphatic heterocycles. The summed E-state index contributed by atoms with van der Waals surface area (Å²) in [6.45, 7) is 2.73. The van der Waals surface area contributed by atoms with E-state index < -0.39 is 17.7 Å². The summed E-state index contributed by atoms with van der Waals surface area (Å²) in [6.07, 6.45) is 0. The lowest BCUT2D eigenvalue weighted by Crippen LogP contribution is -2.28. The first kappa shape index (κ1) is 19.9. The lowest BCUT2D eigenvalue weighted by Gasteiger charge is -2.24. The monoisotopic (exact) mass is 419 g/mol. The van der Waals surface area contributed by atoms with Crippen molar-refractivity contribution in [3.63, 3.8) is 0 Å². The van der Waals surface area contributed by atoms with Gasteiger partial charge in [0.1, 0.15) is 11.5 Å². The van der Waals surface area contributed by atoms with Crippen LogP contribution in [0.25, 0.3) is 5.76 Å². The van der Waals surface area contributed by atoms with Crippen LogP contribution in [0, 0.1) is 0 Å². The number of rotatable bonds is 6. The number of Topliss-reactive ketones (excluding diaryl/α,β-unsaturated/α-hetero) is 1. The van der Waals surface area contributed by atoms with Gasteiger partial charge in [0.15, 0.2) is 0 Å². The van der Waals surface area contributed by atoms with Gasteiger partial charge in [-0.1, -0.05) is 36.4 Å². The molecule has 1 saturated heterocycles. The van der Waals surface area contributed by atoms with Crippen molar-refractivity contribution >= 4 is 28.8 Å².